The Balaban J connectivity index is 2.03. The summed E-state index contributed by atoms with van der Waals surface area (Å²) < 4.78 is 6.58. The predicted molar refractivity (Wildman–Crippen MR) is 78.3 cm³/mol. The first kappa shape index (κ1) is 13.3. The average molecular weight is 281 g/mol. The van der Waals surface area contributed by atoms with Crippen LogP contribution in [0.15, 0.2) is 42.6 Å². The van der Waals surface area contributed by atoms with Crippen LogP contribution in [0.1, 0.15) is 27.3 Å². The Morgan fingerprint density at radius 3 is 2.76 bits per heavy atom. The molecule has 5 heteroatoms. The van der Waals surface area contributed by atoms with E-state index in [-0.39, 0.29) is 5.97 Å². The monoisotopic (exact) mass is 281 g/mol. The number of carbonyl (C=O) groups excluding carboxylic acids is 1. The highest BCUT2D eigenvalue weighted by Gasteiger charge is 2.11. The van der Waals surface area contributed by atoms with Crippen LogP contribution in [0.5, 0.6) is 0 Å². The predicted octanol–water partition coefficient (Wildman–Crippen LogP) is 2.42. The fraction of sp³-hybridized carbons (Fsp3) is 0.188. The molecule has 3 rings (SSSR count). The molecule has 0 bridgehead atoms. The molecule has 0 unspecified atom stereocenters. The molecule has 0 amide bonds. The van der Waals surface area contributed by atoms with Crippen molar-refractivity contribution in [2.24, 2.45) is 0 Å². The summed E-state index contributed by atoms with van der Waals surface area (Å²) in [7, 11) is 1.37. The van der Waals surface area contributed by atoms with Gasteiger partial charge in [-0.1, -0.05) is 24.3 Å². The molecular weight excluding hydrogens is 266 g/mol. The fourth-order valence-electron chi connectivity index (χ4n) is 2.28. The van der Waals surface area contributed by atoms with Crippen molar-refractivity contribution in [2.45, 2.75) is 13.3 Å². The lowest BCUT2D eigenvalue weighted by Gasteiger charge is -2.05. The molecule has 2 heterocycles. The first-order valence-corrected chi connectivity index (χ1v) is 6.65. The van der Waals surface area contributed by atoms with Crippen LogP contribution < -0.4 is 0 Å². The van der Waals surface area contributed by atoms with Crippen molar-refractivity contribution in [1.29, 1.82) is 0 Å². The number of hydrogen-bond acceptors (Lipinski definition) is 4. The summed E-state index contributed by atoms with van der Waals surface area (Å²) in [5.41, 5.74) is 3.59. The number of ether oxygens (including phenoxy) is 1. The Kier molecular flexibility index (Phi) is 3.39. The van der Waals surface area contributed by atoms with Gasteiger partial charge in [0.25, 0.3) is 0 Å². The number of methoxy groups -OCH3 is 1. The van der Waals surface area contributed by atoms with E-state index in [0.717, 1.165) is 5.82 Å². The van der Waals surface area contributed by atoms with Crippen LogP contribution in [0.25, 0.3) is 5.65 Å². The highest BCUT2D eigenvalue weighted by molar-refractivity contribution is 5.89. The number of carbonyl (C=O) groups is 1. The zero-order valence-corrected chi connectivity index (χ0v) is 11.9. The molecule has 0 aliphatic carbocycles. The number of aromatic nitrogens is 3. The summed E-state index contributed by atoms with van der Waals surface area (Å²) in [6, 6.07) is 11.6. The van der Waals surface area contributed by atoms with Crippen LogP contribution >= 0.6 is 0 Å². The molecule has 0 spiro atoms. The van der Waals surface area contributed by atoms with E-state index in [0.29, 0.717) is 17.6 Å². The van der Waals surface area contributed by atoms with Crippen molar-refractivity contribution in [2.75, 3.05) is 7.11 Å². The average Bonchev–Trinajstić information content (AvgIpc) is 2.91. The highest BCUT2D eigenvalue weighted by atomic mass is 16.5. The van der Waals surface area contributed by atoms with Crippen LogP contribution in [0.2, 0.25) is 0 Å². The minimum absolute atomic E-state index is 0.368. The number of nitrogens with zero attached hydrogens (tertiary/aromatic N) is 3. The van der Waals surface area contributed by atoms with Gasteiger partial charge in [-0.3, -0.25) is 4.40 Å². The van der Waals surface area contributed by atoms with Gasteiger partial charge >= 0.3 is 5.97 Å². The molecule has 3 aromatic rings. The maximum absolute atomic E-state index is 11.6. The molecule has 0 saturated heterocycles. The molecule has 0 atom stereocenters. The first-order chi connectivity index (χ1) is 10.2. The van der Waals surface area contributed by atoms with Crippen LogP contribution in [0.3, 0.4) is 0 Å². The van der Waals surface area contributed by atoms with E-state index in [4.69, 9.17) is 4.74 Å². The summed E-state index contributed by atoms with van der Waals surface area (Å²) in [5, 5.41) is 8.35. The van der Waals surface area contributed by atoms with Gasteiger partial charge in [0.05, 0.1) is 12.7 Å². The molecule has 5 nitrogen and oxygen atoms in total. The molecule has 2 aromatic heterocycles. The van der Waals surface area contributed by atoms with Crippen molar-refractivity contribution in [3.63, 3.8) is 0 Å². The summed E-state index contributed by atoms with van der Waals surface area (Å²) in [6.07, 6.45) is 2.38. The van der Waals surface area contributed by atoms with Gasteiger partial charge in [-0.15, -0.1) is 10.2 Å². The van der Waals surface area contributed by atoms with Crippen molar-refractivity contribution in [3.05, 3.63) is 65.1 Å². The van der Waals surface area contributed by atoms with Crippen LogP contribution in [-0.4, -0.2) is 27.7 Å². The lowest BCUT2D eigenvalue weighted by molar-refractivity contribution is 0.0600. The SMILES string of the molecule is COC(=O)c1ccc2nnc(Cc3ccccc3C)n2c1. The maximum atomic E-state index is 11.6. The molecule has 0 fully saturated rings. The molecule has 106 valence electrons. The van der Waals surface area contributed by atoms with Crippen molar-refractivity contribution >= 4 is 11.6 Å². The van der Waals surface area contributed by atoms with E-state index < -0.39 is 0 Å². The van der Waals surface area contributed by atoms with Gasteiger partial charge in [0, 0.05) is 12.6 Å². The second kappa shape index (κ2) is 5.36. The van der Waals surface area contributed by atoms with Gasteiger partial charge in [-0.2, -0.15) is 0 Å². The quantitative estimate of drug-likeness (QED) is 0.692. The highest BCUT2D eigenvalue weighted by Crippen LogP contribution is 2.14. The normalized spacial score (nSPS) is 10.8. The van der Waals surface area contributed by atoms with Crippen LogP contribution in [0, 0.1) is 6.92 Å². The number of pyridine rings is 1. The van der Waals surface area contributed by atoms with Gasteiger partial charge in [0.15, 0.2) is 5.65 Å². The van der Waals surface area contributed by atoms with Crippen LogP contribution in [-0.2, 0) is 11.2 Å². The van der Waals surface area contributed by atoms with Crippen molar-refractivity contribution in [1.82, 2.24) is 14.6 Å². The third-order valence-corrected chi connectivity index (χ3v) is 3.50. The minimum Gasteiger partial charge on any atom is -0.465 e. The summed E-state index contributed by atoms with van der Waals surface area (Å²) in [5.74, 6) is 0.428. The third-order valence-electron chi connectivity index (χ3n) is 3.50. The molecule has 1 aromatic carbocycles. The zero-order valence-electron chi connectivity index (χ0n) is 11.9. The van der Waals surface area contributed by atoms with E-state index in [1.807, 2.05) is 16.5 Å². The van der Waals surface area contributed by atoms with Gasteiger partial charge in [-0.25, -0.2) is 4.79 Å². The zero-order chi connectivity index (χ0) is 14.8. The summed E-state index contributed by atoms with van der Waals surface area (Å²) in [6.45, 7) is 2.07. The number of rotatable bonds is 3. The number of fused-ring (bicyclic) bond motifs is 1. The number of hydrogen-bond donors (Lipinski definition) is 0. The Morgan fingerprint density at radius 2 is 2.00 bits per heavy atom. The van der Waals surface area contributed by atoms with Crippen LogP contribution in [0.4, 0.5) is 0 Å². The molecule has 0 radical (unpaired) electrons. The van der Waals surface area contributed by atoms with E-state index in [1.54, 1.807) is 18.3 Å². The second-order valence-corrected chi connectivity index (χ2v) is 4.86. The maximum Gasteiger partial charge on any atom is 0.339 e. The lowest BCUT2D eigenvalue weighted by Crippen LogP contribution is -2.04. The molecule has 0 saturated carbocycles. The fourth-order valence-corrected chi connectivity index (χ4v) is 2.28. The Hall–Kier alpha value is -2.69. The van der Waals surface area contributed by atoms with Gasteiger partial charge in [0.2, 0.25) is 0 Å². The Morgan fingerprint density at radius 1 is 1.19 bits per heavy atom. The topological polar surface area (TPSA) is 56.5 Å². The van der Waals surface area contributed by atoms with Gasteiger partial charge < -0.3 is 4.74 Å². The Labute approximate surface area is 122 Å². The molecule has 0 aliphatic heterocycles. The Bertz CT molecular complexity index is 808. The van der Waals surface area contributed by atoms with E-state index in [2.05, 4.69) is 29.3 Å². The smallest absolute Gasteiger partial charge is 0.339 e. The van der Waals surface area contributed by atoms with Crippen molar-refractivity contribution < 1.29 is 9.53 Å². The molecule has 0 N–H and O–H groups in total. The standard InChI is InChI=1S/C16H15N3O2/c1-11-5-3-4-6-12(11)9-15-18-17-14-8-7-13(10-19(14)15)16(20)21-2/h3-8,10H,9H2,1-2H3. The first-order valence-electron chi connectivity index (χ1n) is 6.65. The molecular formula is C16H15N3O2. The number of aryl methyl sites for hydroxylation is 1. The second-order valence-electron chi connectivity index (χ2n) is 4.86. The van der Waals surface area contributed by atoms with Gasteiger partial charge in [0.1, 0.15) is 5.82 Å². The minimum atomic E-state index is -0.368. The van der Waals surface area contributed by atoms with Gasteiger partial charge in [-0.05, 0) is 30.2 Å². The van der Waals surface area contributed by atoms with Crippen molar-refractivity contribution in [3.8, 4) is 0 Å². The lowest BCUT2D eigenvalue weighted by atomic mass is 10.1. The summed E-state index contributed by atoms with van der Waals surface area (Å²) in [4.78, 5) is 11.6. The largest absolute Gasteiger partial charge is 0.465 e. The molecule has 21 heavy (non-hydrogen) atoms. The number of benzene rings is 1. The third kappa shape index (κ3) is 2.50. The number of esters is 1. The van der Waals surface area contributed by atoms with E-state index in [1.165, 1.54) is 18.2 Å². The van der Waals surface area contributed by atoms with E-state index >= 15 is 0 Å². The van der Waals surface area contributed by atoms with E-state index in [9.17, 15) is 4.79 Å². The molecule has 0 aliphatic rings. The summed E-state index contributed by atoms with van der Waals surface area (Å²) >= 11 is 0.